The molecule has 3 nitrogen and oxygen atoms in total. The van der Waals surface area contributed by atoms with Crippen molar-refractivity contribution in [2.45, 2.75) is 12.0 Å². The average molecular weight is 253 g/mol. The molecule has 0 aliphatic heterocycles. The van der Waals surface area contributed by atoms with Gasteiger partial charge in [0.1, 0.15) is 5.78 Å². The van der Waals surface area contributed by atoms with Crippen LogP contribution in [-0.4, -0.2) is 11.6 Å². The van der Waals surface area contributed by atoms with Gasteiger partial charge in [-0.3, -0.25) is 4.57 Å². The van der Waals surface area contributed by atoms with Gasteiger partial charge < -0.3 is 10.6 Å². The molecule has 90 valence electrons. The molecule has 0 aromatic heterocycles. The second-order valence-corrected chi connectivity index (χ2v) is 5.95. The summed E-state index contributed by atoms with van der Waals surface area (Å²) in [5.74, 6) is -1.30. The van der Waals surface area contributed by atoms with E-state index in [1.165, 1.54) is 6.07 Å². The Labute approximate surface area is 90.5 Å². The van der Waals surface area contributed by atoms with Gasteiger partial charge in [0.05, 0.1) is 5.56 Å². The molecule has 0 amide bonds. The summed E-state index contributed by atoms with van der Waals surface area (Å²) in [5.41, 5.74) is 4.53. The first-order valence-corrected chi connectivity index (χ1v) is 6.52. The van der Waals surface area contributed by atoms with Crippen LogP contribution in [0.5, 0.6) is 0 Å². The third-order valence-corrected chi connectivity index (χ3v) is 3.40. The minimum atomic E-state index is -4.48. The van der Waals surface area contributed by atoms with Gasteiger partial charge in [-0.25, -0.2) is 0 Å². The Kier molecular flexibility index (Phi) is 3.47. The molecule has 0 heterocycles. The highest BCUT2D eigenvalue weighted by Crippen LogP contribution is 2.49. The van der Waals surface area contributed by atoms with Crippen LogP contribution in [-0.2, 0) is 10.7 Å². The Hall–Kier alpha value is -0.840. The summed E-state index contributed by atoms with van der Waals surface area (Å²) in [4.78, 5) is 9.18. The fourth-order valence-electron chi connectivity index (χ4n) is 1.18. The van der Waals surface area contributed by atoms with E-state index in [1.54, 1.807) is 0 Å². The van der Waals surface area contributed by atoms with Crippen LogP contribution in [0.15, 0.2) is 24.3 Å². The Morgan fingerprint density at radius 1 is 1.44 bits per heavy atom. The number of halogens is 3. The SMILES string of the molecule is CP(=O)(O)C(N)c1cccc(C(F)(F)F)c1. The van der Waals surface area contributed by atoms with E-state index in [0.29, 0.717) is 0 Å². The fourth-order valence-corrected chi connectivity index (χ4v) is 1.89. The molecule has 0 spiro atoms. The third kappa shape index (κ3) is 3.07. The number of alkyl halides is 3. The number of rotatable bonds is 2. The Balaban J connectivity index is 3.14. The zero-order valence-corrected chi connectivity index (χ0v) is 9.30. The molecule has 16 heavy (non-hydrogen) atoms. The van der Waals surface area contributed by atoms with Crippen molar-refractivity contribution in [3.05, 3.63) is 35.4 Å². The molecule has 2 unspecified atom stereocenters. The maximum Gasteiger partial charge on any atom is 0.416 e. The van der Waals surface area contributed by atoms with Gasteiger partial charge in [0.25, 0.3) is 0 Å². The van der Waals surface area contributed by atoms with Crippen molar-refractivity contribution < 1.29 is 22.6 Å². The summed E-state index contributed by atoms with van der Waals surface area (Å²) >= 11 is 0. The van der Waals surface area contributed by atoms with Crippen LogP contribution >= 0.6 is 7.37 Å². The van der Waals surface area contributed by atoms with E-state index in [-0.39, 0.29) is 5.56 Å². The summed E-state index contributed by atoms with van der Waals surface area (Å²) in [5, 5.41) is 0. The molecule has 0 fully saturated rings. The highest BCUT2D eigenvalue weighted by molar-refractivity contribution is 7.57. The van der Waals surface area contributed by atoms with Gasteiger partial charge in [-0.1, -0.05) is 12.1 Å². The van der Waals surface area contributed by atoms with Crippen LogP contribution in [0.4, 0.5) is 13.2 Å². The van der Waals surface area contributed by atoms with Crippen molar-refractivity contribution in [2.75, 3.05) is 6.66 Å². The van der Waals surface area contributed by atoms with Gasteiger partial charge >= 0.3 is 6.18 Å². The predicted octanol–water partition coefficient (Wildman–Crippen LogP) is 2.56. The molecule has 7 heteroatoms. The normalized spacial score (nSPS) is 17.9. The molecule has 3 N–H and O–H groups in total. The molecule has 1 aromatic carbocycles. The van der Waals surface area contributed by atoms with Crippen LogP contribution in [0, 0.1) is 0 Å². The minimum Gasteiger partial charge on any atom is -0.343 e. The van der Waals surface area contributed by atoms with Gasteiger partial charge in [-0.05, 0) is 17.7 Å². The molecule has 0 radical (unpaired) electrons. The molecular weight excluding hydrogens is 242 g/mol. The van der Waals surface area contributed by atoms with E-state index < -0.39 is 24.9 Å². The highest BCUT2D eigenvalue weighted by atomic mass is 31.2. The molecular formula is C9H11F3NO2P. The number of nitrogens with two attached hydrogens (primary N) is 1. The van der Waals surface area contributed by atoms with Crippen molar-refractivity contribution in [1.82, 2.24) is 0 Å². The minimum absolute atomic E-state index is 0.00292. The molecule has 0 bridgehead atoms. The van der Waals surface area contributed by atoms with Crippen molar-refractivity contribution >= 4 is 7.37 Å². The second-order valence-electron chi connectivity index (χ2n) is 3.51. The van der Waals surface area contributed by atoms with Gasteiger partial charge in [-0.15, -0.1) is 0 Å². The first-order valence-electron chi connectivity index (χ1n) is 4.35. The lowest BCUT2D eigenvalue weighted by atomic mass is 10.1. The van der Waals surface area contributed by atoms with Crippen LogP contribution in [0.2, 0.25) is 0 Å². The summed E-state index contributed by atoms with van der Waals surface area (Å²) in [6, 6.07) is 4.13. The fraction of sp³-hybridized carbons (Fsp3) is 0.333. The first kappa shape index (κ1) is 13.2. The smallest absolute Gasteiger partial charge is 0.343 e. The van der Waals surface area contributed by atoms with E-state index in [2.05, 4.69) is 0 Å². The largest absolute Gasteiger partial charge is 0.416 e. The topological polar surface area (TPSA) is 63.3 Å². The quantitative estimate of drug-likeness (QED) is 0.796. The summed E-state index contributed by atoms with van der Waals surface area (Å²) in [6.45, 7) is 1.01. The molecule has 0 saturated carbocycles. The lowest BCUT2D eigenvalue weighted by Gasteiger charge is -2.16. The second kappa shape index (κ2) is 4.20. The summed E-state index contributed by atoms with van der Waals surface area (Å²) in [7, 11) is -3.64. The maximum atomic E-state index is 12.4. The maximum absolute atomic E-state index is 12.4. The van der Waals surface area contributed by atoms with Gasteiger partial charge in [-0.2, -0.15) is 13.2 Å². The third-order valence-electron chi connectivity index (χ3n) is 2.07. The standard InChI is InChI=1S/C9H11F3NO2P/c1-16(14,15)8(13)6-3-2-4-7(5-6)9(10,11)12/h2-5,8H,13H2,1H3,(H,14,15). The van der Waals surface area contributed by atoms with Crippen molar-refractivity contribution in [1.29, 1.82) is 0 Å². The molecule has 2 atom stereocenters. The lowest BCUT2D eigenvalue weighted by molar-refractivity contribution is -0.137. The number of benzene rings is 1. The van der Waals surface area contributed by atoms with Crippen LogP contribution in [0.3, 0.4) is 0 Å². The average Bonchev–Trinajstić information content (AvgIpc) is 2.14. The number of hydrogen-bond donors (Lipinski definition) is 2. The molecule has 0 aliphatic carbocycles. The van der Waals surface area contributed by atoms with Gasteiger partial charge in [0.15, 0.2) is 0 Å². The van der Waals surface area contributed by atoms with Crippen molar-refractivity contribution in [3.63, 3.8) is 0 Å². The van der Waals surface area contributed by atoms with E-state index in [0.717, 1.165) is 24.9 Å². The van der Waals surface area contributed by atoms with Gasteiger partial charge in [0.2, 0.25) is 7.37 Å². The Morgan fingerprint density at radius 2 is 2.00 bits per heavy atom. The van der Waals surface area contributed by atoms with E-state index >= 15 is 0 Å². The molecule has 1 aromatic rings. The molecule has 0 aliphatic rings. The predicted molar refractivity (Wildman–Crippen MR) is 54.1 cm³/mol. The Bertz CT molecular complexity index is 427. The van der Waals surface area contributed by atoms with Gasteiger partial charge in [0, 0.05) is 6.66 Å². The molecule has 1 rings (SSSR count). The number of hydrogen-bond acceptors (Lipinski definition) is 2. The lowest BCUT2D eigenvalue weighted by Crippen LogP contribution is -2.12. The van der Waals surface area contributed by atoms with Crippen LogP contribution < -0.4 is 5.73 Å². The van der Waals surface area contributed by atoms with Crippen molar-refractivity contribution in [3.8, 4) is 0 Å². The highest BCUT2D eigenvalue weighted by Gasteiger charge is 2.32. The van der Waals surface area contributed by atoms with Crippen LogP contribution in [0.25, 0.3) is 0 Å². The van der Waals surface area contributed by atoms with Crippen molar-refractivity contribution in [2.24, 2.45) is 5.73 Å². The van der Waals surface area contributed by atoms with E-state index in [9.17, 15) is 22.6 Å². The summed E-state index contributed by atoms with van der Waals surface area (Å²) in [6.07, 6.45) is -4.48. The van der Waals surface area contributed by atoms with E-state index in [4.69, 9.17) is 5.73 Å². The molecule has 0 saturated heterocycles. The van der Waals surface area contributed by atoms with E-state index in [1.807, 2.05) is 0 Å². The van der Waals surface area contributed by atoms with Crippen LogP contribution in [0.1, 0.15) is 16.9 Å². The summed E-state index contributed by atoms with van der Waals surface area (Å²) < 4.78 is 48.3. The monoisotopic (exact) mass is 253 g/mol. The zero-order chi connectivity index (χ0) is 12.6. The zero-order valence-electron chi connectivity index (χ0n) is 8.40. The first-order chi connectivity index (χ1) is 7.12. The Morgan fingerprint density at radius 3 is 2.44 bits per heavy atom.